The van der Waals surface area contributed by atoms with E-state index in [1.807, 2.05) is 35.7 Å². The average Bonchev–Trinajstić information content (AvgIpc) is 3.19. The number of rotatable bonds is 8. The van der Waals surface area contributed by atoms with Crippen LogP contribution in [0, 0.1) is 0 Å². The Morgan fingerprint density at radius 3 is 2.78 bits per heavy atom. The third-order valence-electron chi connectivity index (χ3n) is 4.30. The molecule has 0 unspecified atom stereocenters. The highest BCUT2D eigenvalue weighted by Gasteiger charge is 2.30. The van der Waals surface area contributed by atoms with Gasteiger partial charge in [-0.25, -0.2) is 0 Å². The van der Waals surface area contributed by atoms with Gasteiger partial charge in [-0.2, -0.15) is 0 Å². The molecule has 0 bridgehead atoms. The lowest BCUT2D eigenvalue weighted by Gasteiger charge is -2.08. The molecule has 2 aromatic heterocycles. The average molecular weight is 419 g/mol. The third kappa shape index (κ3) is 4.72. The van der Waals surface area contributed by atoms with Gasteiger partial charge >= 0.3 is 0 Å². The van der Waals surface area contributed by atoms with Crippen molar-refractivity contribution in [1.82, 2.24) is 20.1 Å². The molecule has 1 saturated carbocycles. The zero-order valence-corrected chi connectivity index (χ0v) is 17.0. The maximum atomic E-state index is 12.2. The van der Waals surface area contributed by atoms with Crippen molar-refractivity contribution >= 4 is 40.6 Å². The lowest BCUT2D eigenvalue weighted by atomic mass is 10.1. The summed E-state index contributed by atoms with van der Waals surface area (Å²) in [6.07, 6.45) is 3.09. The molecule has 8 heteroatoms. The van der Waals surface area contributed by atoms with E-state index in [0.29, 0.717) is 18.3 Å². The summed E-state index contributed by atoms with van der Waals surface area (Å²) >= 11 is 9.00. The van der Waals surface area contributed by atoms with Crippen LogP contribution in [0.5, 0.6) is 0 Å². The minimum absolute atomic E-state index is 0.0111. The molecular weight excluding hydrogens is 400 g/mol. The monoisotopic (exact) mass is 418 g/mol. The molecular formula is C19H19ClN4OS2. The number of aromatic nitrogens is 3. The smallest absolute Gasteiger partial charge is 0.230 e. The third-order valence-corrected chi connectivity index (χ3v) is 6.36. The van der Waals surface area contributed by atoms with E-state index < -0.39 is 0 Å². The molecule has 2 heterocycles. The van der Waals surface area contributed by atoms with Crippen LogP contribution in [0.2, 0.25) is 5.02 Å². The largest absolute Gasteiger partial charge is 0.355 e. The lowest BCUT2D eigenvalue weighted by Crippen LogP contribution is -2.27. The fraction of sp³-hybridized carbons (Fsp3) is 0.316. The number of nitrogens with one attached hydrogen (secondary N) is 1. The predicted octanol–water partition coefficient (Wildman–Crippen LogP) is 4.45. The van der Waals surface area contributed by atoms with Gasteiger partial charge in [-0.3, -0.25) is 9.36 Å². The molecule has 1 amide bonds. The van der Waals surface area contributed by atoms with Crippen LogP contribution in [-0.4, -0.2) is 33.0 Å². The van der Waals surface area contributed by atoms with Crippen molar-refractivity contribution in [2.45, 2.75) is 30.5 Å². The number of amides is 1. The molecule has 4 rings (SSSR count). The van der Waals surface area contributed by atoms with Crippen molar-refractivity contribution in [2.75, 3.05) is 12.3 Å². The second-order valence-corrected chi connectivity index (χ2v) is 8.73. The molecule has 1 fully saturated rings. The Hall–Kier alpha value is -1.83. The summed E-state index contributed by atoms with van der Waals surface area (Å²) in [5.74, 6) is 1.27. The lowest BCUT2D eigenvalue weighted by molar-refractivity contribution is -0.118. The molecule has 0 saturated heterocycles. The van der Waals surface area contributed by atoms with E-state index >= 15 is 0 Å². The first-order chi connectivity index (χ1) is 13.2. The molecule has 1 aliphatic rings. The first-order valence-electron chi connectivity index (χ1n) is 8.83. The summed E-state index contributed by atoms with van der Waals surface area (Å²) in [6, 6.07) is 12.2. The molecule has 1 N–H and O–H groups in total. The SMILES string of the molecule is O=C(CSc1nnc(-c2cccs2)n1C1CC1)NCCc1ccc(Cl)cc1. The van der Waals surface area contributed by atoms with Gasteiger partial charge in [0.05, 0.1) is 10.6 Å². The van der Waals surface area contributed by atoms with Crippen LogP contribution >= 0.6 is 34.7 Å². The molecule has 27 heavy (non-hydrogen) atoms. The molecule has 140 valence electrons. The van der Waals surface area contributed by atoms with Crippen molar-refractivity contribution in [3.8, 4) is 10.7 Å². The Labute approximate surface area is 171 Å². The number of thiophene rings is 1. The molecule has 3 aromatic rings. The summed E-state index contributed by atoms with van der Waals surface area (Å²) in [5, 5.41) is 15.3. The number of benzene rings is 1. The van der Waals surface area contributed by atoms with Gasteiger partial charge in [-0.1, -0.05) is 41.6 Å². The van der Waals surface area contributed by atoms with Crippen LogP contribution in [0.3, 0.4) is 0 Å². The molecule has 1 aliphatic carbocycles. The van der Waals surface area contributed by atoms with E-state index in [2.05, 4.69) is 26.1 Å². The molecule has 5 nitrogen and oxygen atoms in total. The maximum absolute atomic E-state index is 12.2. The van der Waals surface area contributed by atoms with Crippen molar-refractivity contribution in [1.29, 1.82) is 0 Å². The van der Waals surface area contributed by atoms with Crippen molar-refractivity contribution in [3.05, 3.63) is 52.4 Å². The minimum Gasteiger partial charge on any atom is -0.355 e. The Morgan fingerprint density at radius 2 is 2.07 bits per heavy atom. The number of hydrogen-bond donors (Lipinski definition) is 1. The maximum Gasteiger partial charge on any atom is 0.230 e. The van der Waals surface area contributed by atoms with Gasteiger partial charge in [-0.05, 0) is 48.4 Å². The number of thioether (sulfide) groups is 1. The molecule has 0 atom stereocenters. The summed E-state index contributed by atoms with van der Waals surface area (Å²) in [5.41, 5.74) is 1.15. The van der Waals surface area contributed by atoms with Crippen LogP contribution in [0.1, 0.15) is 24.4 Å². The van der Waals surface area contributed by atoms with E-state index in [1.54, 1.807) is 11.3 Å². The zero-order chi connectivity index (χ0) is 18.6. The highest BCUT2D eigenvalue weighted by Crippen LogP contribution is 2.41. The van der Waals surface area contributed by atoms with Gasteiger partial charge in [0.15, 0.2) is 11.0 Å². The summed E-state index contributed by atoms with van der Waals surface area (Å²) in [6.45, 7) is 0.608. The van der Waals surface area contributed by atoms with Gasteiger partial charge in [0, 0.05) is 17.6 Å². The van der Waals surface area contributed by atoms with Crippen molar-refractivity contribution < 1.29 is 4.79 Å². The molecule has 0 aliphatic heterocycles. The van der Waals surface area contributed by atoms with Gasteiger partial charge in [0.1, 0.15) is 0 Å². The van der Waals surface area contributed by atoms with Crippen molar-refractivity contribution in [2.24, 2.45) is 0 Å². The van der Waals surface area contributed by atoms with E-state index in [9.17, 15) is 4.79 Å². The van der Waals surface area contributed by atoms with Gasteiger partial charge in [0.2, 0.25) is 5.91 Å². The molecule has 0 spiro atoms. The van der Waals surface area contributed by atoms with Gasteiger partial charge < -0.3 is 5.32 Å². The Bertz CT molecular complexity index is 904. The second kappa shape index (κ2) is 8.46. The number of nitrogens with zero attached hydrogens (tertiary/aromatic N) is 3. The topological polar surface area (TPSA) is 59.8 Å². The summed E-state index contributed by atoms with van der Waals surface area (Å²) in [7, 11) is 0. The first-order valence-corrected chi connectivity index (χ1v) is 11.1. The number of carbonyl (C=O) groups is 1. The predicted molar refractivity (Wildman–Crippen MR) is 110 cm³/mol. The number of carbonyl (C=O) groups excluding carboxylic acids is 1. The number of halogens is 1. The highest BCUT2D eigenvalue weighted by molar-refractivity contribution is 7.99. The summed E-state index contributed by atoms with van der Waals surface area (Å²) in [4.78, 5) is 13.3. The van der Waals surface area contributed by atoms with Crippen LogP contribution in [0.15, 0.2) is 46.9 Å². The highest BCUT2D eigenvalue weighted by atomic mass is 35.5. The van der Waals surface area contributed by atoms with Crippen molar-refractivity contribution in [3.63, 3.8) is 0 Å². The Balaban J connectivity index is 1.31. The normalized spacial score (nSPS) is 13.7. The second-order valence-electron chi connectivity index (χ2n) is 6.40. The van der Waals surface area contributed by atoms with Gasteiger partial charge in [-0.15, -0.1) is 21.5 Å². The van der Waals surface area contributed by atoms with E-state index in [-0.39, 0.29) is 5.91 Å². The fourth-order valence-electron chi connectivity index (χ4n) is 2.79. The zero-order valence-electron chi connectivity index (χ0n) is 14.6. The van der Waals surface area contributed by atoms with E-state index in [4.69, 9.17) is 11.6 Å². The van der Waals surface area contributed by atoms with Gasteiger partial charge in [0.25, 0.3) is 0 Å². The Morgan fingerprint density at radius 1 is 1.26 bits per heavy atom. The minimum atomic E-state index is 0.0111. The van der Waals surface area contributed by atoms with Crippen LogP contribution in [-0.2, 0) is 11.2 Å². The summed E-state index contributed by atoms with van der Waals surface area (Å²) < 4.78 is 2.19. The van der Waals surface area contributed by atoms with Crippen LogP contribution < -0.4 is 5.32 Å². The van der Waals surface area contributed by atoms with E-state index in [0.717, 1.165) is 45.7 Å². The standard InChI is InChI=1S/C19H19ClN4OS2/c20-14-5-3-13(4-6-14)9-10-21-17(25)12-27-19-23-22-18(16-2-1-11-26-16)24(19)15-7-8-15/h1-6,11,15H,7-10,12H2,(H,21,25). The van der Waals surface area contributed by atoms with Crippen LogP contribution in [0.25, 0.3) is 10.7 Å². The number of hydrogen-bond acceptors (Lipinski definition) is 5. The Kier molecular flexibility index (Phi) is 5.80. The van der Waals surface area contributed by atoms with E-state index in [1.165, 1.54) is 11.8 Å². The van der Waals surface area contributed by atoms with Crippen LogP contribution in [0.4, 0.5) is 0 Å². The molecule has 0 radical (unpaired) electrons. The first kappa shape index (κ1) is 18.5. The quantitative estimate of drug-likeness (QED) is 0.549. The molecule has 1 aromatic carbocycles. The fourth-order valence-corrected chi connectivity index (χ4v) is 4.46.